The van der Waals surface area contributed by atoms with Gasteiger partial charge in [0.15, 0.2) is 0 Å². The Labute approximate surface area is 94.0 Å². The van der Waals surface area contributed by atoms with Crippen LogP contribution >= 0.6 is 0 Å². The number of carbonyl (C=O) groups is 2. The van der Waals surface area contributed by atoms with Crippen LogP contribution in [-0.4, -0.2) is 22.2 Å². The molecule has 2 rings (SSSR count). The SMILES string of the molecule is C=C1C(C)(C)[C@@]2(C(=O)O)CC[C@@]1(C(=O)O)C2. The normalized spacial score (nSPS) is 40.0. The zero-order chi connectivity index (χ0) is 12.4. The molecule has 2 atom stereocenters. The summed E-state index contributed by atoms with van der Waals surface area (Å²) in [7, 11) is 0. The van der Waals surface area contributed by atoms with Crippen LogP contribution in [0.1, 0.15) is 33.1 Å². The summed E-state index contributed by atoms with van der Waals surface area (Å²) in [6, 6.07) is 0. The molecule has 0 heterocycles. The van der Waals surface area contributed by atoms with Gasteiger partial charge in [0, 0.05) is 5.41 Å². The molecule has 2 bridgehead atoms. The molecule has 2 aliphatic rings. The molecule has 0 unspecified atom stereocenters. The van der Waals surface area contributed by atoms with Gasteiger partial charge in [0.25, 0.3) is 0 Å². The van der Waals surface area contributed by atoms with Gasteiger partial charge in [0.05, 0.1) is 10.8 Å². The predicted octanol–water partition coefficient (Wildman–Crippen LogP) is 1.91. The van der Waals surface area contributed by atoms with E-state index in [4.69, 9.17) is 0 Å². The lowest BCUT2D eigenvalue weighted by molar-refractivity contribution is -0.153. The molecule has 0 radical (unpaired) electrons. The molecular weight excluding hydrogens is 208 g/mol. The molecule has 0 saturated heterocycles. The highest BCUT2D eigenvalue weighted by atomic mass is 16.4. The molecule has 0 aromatic rings. The van der Waals surface area contributed by atoms with Crippen molar-refractivity contribution in [2.24, 2.45) is 16.2 Å². The first-order valence-electron chi connectivity index (χ1n) is 5.37. The van der Waals surface area contributed by atoms with Crippen molar-refractivity contribution in [3.63, 3.8) is 0 Å². The first-order valence-corrected chi connectivity index (χ1v) is 5.37. The van der Waals surface area contributed by atoms with Crippen LogP contribution in [0.15, 0.2) is 12.2 Å². The first kappa shape index (κ1) is 11.2. The minimum Gasteiger partial charge on any atom is -0.481 e. The third kappa shape index (κ3) is 0.867. The minimum absolute atomic E-state index is 0.191. The Morgan fingerprint density at radius 1 is 1.19 bits per heavy atom. The number of aliphatic carboxylic acids is 2. The van der Waals surface area contributed by atoms with E-state index >= 15 is 0 Å². The van der Waals surface area contributed by atoms with Crippen LogP contribution in [0.5, 0.6) is 0 Å². The van der Waals surface area contributed by atoms with Gasteiger partial charge in [-0.05, 0) is 19.3 Å². The Balaban J connectivity index is 2.61. The number of carboxylic acid groups (broad SMARTS) is 2. The molecule has 4 heteroatoms. The van der Waals surface area contributed by atoms with Crippen LogP contribution in [0.2, 0.25) is 0 Å². The summed E-state index contributed by atoms with van der Waals surface area (Å²) in [4.78, 5) is 22.9. The Hall–Kier alpha value is -1.32. The van der Waals surface area contributed by atoms with Crippen LogP contribution in [-0.2, 0) is 9.59 Å². The summed E-state index contributed by atoms with van der Waals surface area (Å²) < 4.78 is 0. The maximum absolute atomic E-state index is 11.5. The second kappa shape index (κ2) is 2.67. The molecule has 2 N–H and O–H groups in total. The monoisotopic (exact) mass is 224 g/mol. The zero-order valence-corrected chi connectivity index (χ0v) is 9.54. The summed E-state index contributed by atoms with van der Waals surface area (Å²) in [5.41, 5.74) is -2.03. The molecule has 0 aromatic carbocycles. The van der Waals surface area contributed by atoms with E-state index in [2.05, 4.69) is 6.58 Å². The van der Waals surface area contributed by atoms with Crippen molar-refractivity contribution in [2.45, 2.75) is 33.1 Å². The lowest BCUT2D eigenvalue weighted by Gasteiger charge is -2.41. The maximum Gasteiger partial charge on any atom is 0.313 e. The fourth-order valence-corrected chi connectivity index (χ4v) is 3.56. The van der Waals surface area contributed by atoms with E-state index in [-0.39, 0.29) is 6.42 Å². The van der Waals surface area contributed by atoms with Crippen molar-refractivity contribution in [3.8, 4) is 0 Å². The topological polar surface area (TPSA) is 74.6 Å². The van der Waals surface area contributed by atoms with E-state index in [1.165, 1.54) is 0 Å². The average molecular weight is 224 g/mol. The van der Waals surface area contributed by atoms with Crippen molar-refractivity contribution in [1.29, 1.82) is 0 Å². The third-order valence-corrected chi connectivity index (χ3v) is 4.93. The molecule has 2 aliphatic carbocycles. The quantitative estimate of drug-likeness (QED) is 0.702. The molecule has 0 aromatic heterocycles. The highest BCUT2D eigenvalue weighted by Gasteiger charge is 2.72. The Bertz CT molecular complexity index is 409. The molecule has 88 valence electrons. The van der Waals surface area contributed by atoms with Crippen molar-refractivity contribution in [2.75, 3.05) is 0 Å². The molecule has 2 saturated carbocycles. The van der Waals surface area contributed by atoms with Gasteiger partial charge in [-0.2, -0.15) is 0 Å². The zero-order valence-electron chi connectivity index (χ0n) is 9.54. The van der Waals surface area contributed by atoms with Gasteiger partial charge in [0.1, 0.15) is 0 Å². The van der Waals surface area contributed by atoms with Gasteiger partial charge in [-0.3, -0.25) is 9.59 Å². The van der Waals surface area contributed by atoms with Crippen LogP contribution < -0.4 is 0 Å². The summed E-state index contributed by atoms with van der Waals surface area (Å²) >= 11 is 0. The largest absolute Gasteiger partial charge is 0.481 e. The second-order valence-electron chi connectivity index (χ2n) is 5.55. The Kier molecular flexibility index (Phi) is 1.87. The van der Waals surface area contributed by atoms with E-state index in [1.807, 2.05) is 0 Å². The molecule has 0 amide bonds. The van der Waals surface area contributed by atoms with Gasteiger partial charge in [-0.25, -0.2) is 0 Å². The fourth-order valence-electron chi connectivity index (χ4n) is 3.56. The number of hydrogen-bond donors (Lipinski definition) is 2. The number of hydrogen-bond acceptors (Lipinski definition) is 2. The molecule has 0 spiro atoms. The number of fused-ring (bicyclic) bond motifs is 2. The summed E-state index contributed by atoms with van der Waals surface area (Å²) in [5.74, 6) is -1.81. The maximum atomic E-state index is 11.5. The van der Waals surface area contributed by atoms with Gasteiger partial charge in [-0.15, -0.1) is 0 Å². The summed E-state index contributed by atoms with van der Waals surface area (Å²) in [5, 5.41) is 18.7. The molecule has 16 heavy (non-hydrogen) atoms. The minimum atomic E-state index is -1.01. The highest BCUT2D eigenvalue weighted by Crippen LogP contribution is 2.72. The van der Waals surface area contributed by atoms with E-state index in [9.17, 15) is 19.8 Å². The second-order valence-corrected chi connectivity index (χ2v) is 5.55. The van der Waals surface area contributed by atoms with Crippen LogP contribution in [0.25, 0.3) is 0 Å². The molecule has 0 aliphatic heterocycles. The third-order valence-electron chi connectivity index (χ3n) is 4.93. The number of rotatable bonds is 2. The van der Waals surface area contributed by atoms with Gasteiger partial charge < -0.3 is 10.2 Å². The predicted molar refractivity (Wildman–Crippen MR) is 56.9 cm³/mol. The standard InChI is InChI=1S/C12H16O4/c1-7-10(2,3)12(9(15)16)5-4-11(7,6-12)8(13)14/h1,4-6H2,2-3H3,(H,13,14)(H,15,16)/t11-,12+/m1/s1. The van der Waals surface area contributed by atoms with E-state index in [0.29, 0.717) is 18.4 Å². The highest BCUT2D eigenvalue weighted by molar-refractivity contribution is 5.88. The Morgan fingerprint density at radius 2 is 1.75 bits per heavy atom. The van der Waals surface area contributed by atoms with Crippen molar-refractivity contribution in [3.05, 3.63) is 12.2 Å². The molecular formula is C12H16O4. The van der Waals surface area contributed by atoms with Gasteiger partial charge in [-0.1, -0.05) is 26.0 Å². The van der Waals surface area contributed by atoms with E-state index in [0.717, 1.165) is 0 Å². The molecule has 2 fully saturated rings. The smallest absolute Gasteiger partial charge is 0.313 e. The average Bonchev–Trinajstić information content (AvgIpc) is 2.64. The fraction of sp³-hybridized carbons (Fsp3) is 0.667. The lowest BCUT2D eigenvalue weighted by atomic mass is 9.61. The van der Waals surface area contributed by atoms with Crippen molar-refractivity contribution in [1.82, 2.24) is 0 Å². The summed E-state index contributed by atoms with van der Waals surface area (Å²) in [6.45, 7) is 7.46. The van der Waals surface area contributed by atoms with E-state index < -0.39 is 28.2 Å². The first-order chi connectivity index (χ1) is 7.21. The van der Waals surface area contributed by atoms with Crippen LogP contribution in [0, 0.1) is 16.2 Å². The van der Waals surface area contributed by atoms with Crippen molar-refractivity contribution >= 4 is 11.9 Å². The Morgan fingerprint density at radius 3 is 2.06 bits per heavy atom. The van der Waals surface area contributed by atoms with Gasteiger partial charge >= 0.3 is 11.9 Å². The molecule has 4 nitrogen and oxygen atoms in total. The lowest BCUT2D eigenvalue weighted by Crippen LogP contribution is -2.42. The van der Waals surface area contributed by atoms with Crippen LogP contribution in [0.3, 0.4) is 0 Å². The van der Waals surface area contributed by atoms with E-state index in [1.54, 1.807) is 13.8 Å². The van der Waals surface area contributed by atoms with Crippen LogP contribution in [0.4, 0.5) is 0 Å². The van der Waals surface area contributed by atoms with Gasteiger partial charge in [0.2, 0.25) is 0 Å². The number of carboxylic acids is 2. The summed E-state index contributed by atoms with van der Waals surface area (Å²) in [6.07, 6.45) is 1.02. The van der Waals surface area contributed by atoms with Crippen molar-refractivity contribution < 1.29 is 19.8 Å².